The number of hydrogen-bond acceptors (Lipinski definition) is 7. The average Bonchev–Trinajstić information content (AvgIpc) is 3.26. The Hall–Kier alpha value is -3.18. The highest BCUT2D eigenvalue weighted by atomic mass is 32.2. The van der Waals surface area contributed by atoms with Crippen LogP contribution >= 0.6 is 0 Å². The van der Waals surface area contributed by atoms with E-state index in [0.717, 1.165) is 73.4 Å². The van der Waals surface area contributed by atoms with Gasteiger partial charge in [-0.05, 0) is 52.2 Å². The summed E-state index contributed by atoms with van der Waals surface area (Å²) in [5.41, 5.74) is 4.16. The van der Waals surface area contributed by atoms with Crippen molar-refractivity contribution >= 4 is 33.1 Å². The smallest absolute Gasteiger partial charge is 0.256 e. The molecule has 0 bridgehead atoms. The first-order chi connectivity index (χ1) is 17.6. The number of anilines is 2. The van der Waals surface area contributed by atoms with Crippen molar-refractivity contribution in [2.45, 2.75) is 52.1 Å². The molecule has 2 aliphatic rings. The van der Waals surface area contributed by atoms with Gasteiger partial charge in [0.05, 0.1) is 29.2 Å². The number of aromatic nitrogens is 3. The monoisotopic (exact) mass is 525 g/mol. The second-order valence-electron chi connectivity index (χ2n) is 10.4. The summed E-state index contributed by atoms with van der Waals surface area (Å²) >= 11 is 0. The lowest BCUT2D eigenvalue weighted by Gasteiger charge is -2.35. The topological polar surface area (TPSA) is 112 Å². The van der Waals surface area contributed by atoms with Crippen molar-refractivity contribution < 1.29 is 13.2 Å². The minimum Gasteiger partial charge on any atom is -0.353 e. The van der Waals surface area contributed by atoms with E-state index in [2.05, 4.69) is 28.8 Å². The molecule has 3 aromatic rings. The number of nitrogens with one attached hydrogen (secondary N) is 2. The number of fused-ring (bicyclic) bond motifs is 1. The number of carbonyl (C=O) groups is 1. The molecular formula is C26H35N7O3S. The number of carbonyl (C=O) groups excluding carboxylic acids is 1. The second-order valence-corrected chi connectivity index (χ2v) is 12.1. The van der Waals surface area contributed by atoms with Crippen molar-refractivity contribution in [1.29, 1.82) is 0 Å². The van der Waals surface area contributed by atoms with E-state index in [4.69, 9.17) is 10.1 Å². The van der Waals surface area contributed by atoms with Crippen LogP contribution in [0.4, 0.5) is 11.5 Å². The highest BCUT2D eigenvalue weighted by Gasteiger charge is 2.32. The summed E-state index contributed by atoms with van der Waals surface area (Å²) in [6.45, 7) is 9.43. The lowest BCUT2D eigenvalue weighted by Crippen LogP contribution is -2.49. The Morgan fingerprint density at radius 1 is 1.16 bits per heavy atom. The van der Waals surface area contributed by atoms with Gasteiger partial charge in [-0.1, -0.05) is 11.6 Å². The van der Waals surface area contributed by atoms with E-state index in [1.165, 1.54) is 0 Å². The molecule has 37 heavy (non-hydrogen) atoms. The molecule has 5 rings (SSSR count). The van der Waals surface area contributed by atoms with E-state index < -0.39 is 10.0 Å². The summed E-state index contributed by atoms with van der Waals surface area (Å²) in [6.07, 6.45) is 5.76. The maximum atomic E-state index is 13.8. The zero-order valence-electron chi connectivity index (χ0n) is 21.9. The maximum absolute atomic E-state index is 13.8. The number of amides is 1. The van der Waals surface area contributed by atoms with Gasteiger partial charge >= 0.3 is 0 Å². The van der Waals surface area contributed by atoms with Gasteiger partial charge < -0.3 is 15.1 Å². The molecule has 2 saturated heterocycles. The first-order valence-electron chi connectivity index (χ1n) is 12.8. The van der Waals surface area contributed by atoms with Crippen LogP contribution < -0.4 is 14.9 Å². The highest BCUT2D eigenvalue weighted by Crippen LogP contribution is 2.34. The predicted octanol–water partition coefficient (Wildman–Crippen LogP) is 2.88. The number of sulfonamides is 1. The number of piperazine rings is 1. The number of aryl methyl sites for hydroxylation is 2. The van der Waals surface area contributed by atoms with E-state index in [1.54, 1.807) is 22.7 Å². The zero-order valence-corrected chi connectivity index (χ0v) is 22.7. The molecule has 2 aromatic heterocycles. The van der Waals surface area contributed by atoms with E-state index in [1.807, 2.05) is 24.1 Å². The van der Waals surface area contributed by atoms with E-state index in [-0.39, 0.29) is 11.9 Å². The van der Waals surface area contributed by atoms with E-state index in [0.29, 0.717) is 23.8 Å². The second kappa shape index (κ2) is 9.94. The van der Waals surface area contributed by atoms with Gasteiger partial charge in [0, 0.05) is 50.0 Å². The standard InChI is InChI=1S/C26H35N7O3S/c1-17-8-9-21(30-37(4,35)36)20(13-17)26(34)32-11-6-5-7-23(32)22-14-24-28-25(18(2)15-33(24)29-22)31-12-10-27-19(3)16-31/h8-9,13-15,19,23,27,30H,5-7,10-12,16H2,1-4H3/t19-,23-/m0/s1. The summed E-state index contributed by atoms with van der Waals surface area (Å²) in [7, 11) is -3.53. The molecular weight excluding hydrogens is 490 g/mol. The van der Waals surface area contributed by atoms with Crippen LogP contribution in [0, 0.1) is 13.8 Å². The summed E-state index contributed by atoms with van der Waals surface area (Å²) in [6, 6.07) is 7.37. The third kappa shape index (κ3) is 5.42. The van der Waals surface area contributed by atoms with Crippen molar-refractivity contribution in [1.82, 2.24) is 24.8 Å². The predicted molar refractivity (Wildman–Crippen MR) is 145 cm³/mol. The number of piperidine rings is 1. The number of rotatable bonds is 5. The van der Waals surface area contributed by atoms with Crippen LogP contribution in [0.3, 0.4) is 0 Å². The largest absolute Gasteiger partial charge is 0.353 e. The summed E-state index contributed by atoms with van der Waals surface area (Å²) in [5.74, 6) is 0.774. The Balaban J connectivity index is 1.48. The third-order valence-corrected chi connectivity index (χ3v) is 7.69. The molecule has 2 fully saturated rings. The molecule has 1 amide bonds. The summed E-state index contributed by atoms with van der Waals surface area (Å²) < 4.78 is 28.2. The Morgan fingerprint density at radius 3 is 2.73 bits per heavy atom. The number of benzene rings is 1. The minimum atomic E-state index is -3.53. The molecule has 0 unspecified atom stereocenters. The lowest BCUT2D eigenvalue weighted by molar-refractivity contribution is 0.0606. The van der Waals surface area contributed by atoms with Gasteiger partial charge in [0.15, 0.2) is 5.65 Å². The van der Waals surface area contributed by atoms with Crippen LogP contribution in [0.15, 0.2) is 30.5 Å². The van der Waals surface area contributed by atoms with Gasteiger partial charge in [0.2, 0.25) is 10.0 Å². The van der Waals surface area contributed by atoms with E-state index >= 15 is 0 Å². The zero-order chi connectivity index (χ0) is 26.3. The van der Waals surface area contributed by atoms with Crippen molar-refractivity contribution in [2.24, 2.45) is 0 Å². The fourth-order valence-corrected chi connectivity index (χ4v) is 5.96. The molecule has 0 radical (unpaired) electrons. The Labute approximate surface area is 218 Å². The first-order valence-corrected chi connectivity index (χ1v) is 14.7. The van der Waals surface area contributed by atoms with Crippen LogP contribution in [0.1, 0.15) is 59.4 Å². The lowest BCUT2D eigenvalue weighted by atomic mass is 9.97. The SMILES string of the molecule is Cc1ccc(NS(C)(=O)=O)c(C(=O)N2CCCC[C@H]2c2cc3nc(N4CCN[C@@H](C)C4)c(C)cn3n2)c1. The molecule has 1 aromatic carbocycles. The van der Waals surface area contributed by atoms with Crippen molar-refractivity contribution in [3.05, 3.63) is 52.8 Å². The van der Waals surface area contributed by atoms with Gasteiger partial charge in [-0.15, -0.1) is 0 Å². The highest BCUT2D eigenvalue weighted by molar-refractivity contribution is 7.92. The average molecular weight is 526 g/mol. The molecule has 0 spiro atoms. The summed E-state index contributed by atoms with van der Waals surface area (Å²) in [4.78, 5) is 22.9. The molecule has 2 atom stereocenters. The molecule has 198 valence electrons. The molecule has 0 saturated carbocycles. The third-order valence-electron chi connectivity index (χ3n) is 7.10. The molecule has 0 aliphatic carbocycles. The van der Waals surface area contributed by atoms with Gasteiger partial charge in [-0.25, -0.2) is 17.9 Å². The van der Waals surface area contributed by atoms with Crippen LogP contribution in [-0.2, 0) is 10.0 Å². The fourth-order valence-electron chi connectivity index (χ4n) is 5.39. The number of likely N-dealkylation sites (tertiary alicyclic amines) is 1. The first kappa shape index (κ1) is 25.5. The van der Waals surface area contributed by atoms with Gasteiger partial charge in [0.1, 0.15) is 5.82 Å². The Bertz CT molecular complexity index is 1440. The number of hydrogen-bond donors (Lipinski definition) is 2. The van der Waals surface area contributed by atoms with Crippen LogP contribution in [-0.4, -0.2) is 72.3 Å². The van der Waals surface area contributed by atoms with E-state index in [9.17, 15) is 13.2 Å². The Kier molecular flexibility index (Phi) is 6.84. The number of nitrogens with zero attached hydrogens (tertiary/aromatic N) is 5. The fraction of sp³-hybridized carbons (Fsp3) is 0.500. The normalized spacial score (nSPS) is 20.9. The molecule has 2 aliphatic heterocycles. The summed E-state index contributed by atoms with van der Waals surface area (Å²) in [5, 5.41) is 8.31. The molecule has 2 N–H and O–H groups in total. The Morgan fingerprint density at radius 2 is 1.97 bits per heavy atom. The minimum absolute atomic E-state index is 0.198. The van der Waals surface area contributed by atoms with Crippen LogP contribution in [0.5, 0.6) is 0 Å². The van der Waals surface area contributed by atoms with Gasteiger partial charge in [-0.2, -0.15) is 5.10 Å². The van der Waals surface area contributed by atoms with Crippen molar-refractivity contribution in [3.63, 3.8) is 0 Å². The van der Waals surface area contributed by atoms with Gasteiger partial charge in [0.25, 0.3) is 5.91 Å². The maximum Gasteiger partial charge on any atom is 0.256 e. The van der Waals surface area contributed by atoms with Gasteiger partial charge in [-0.3, -0.25) is 9.52 Å². The quantitative estimate of drug-likeness (QED) is 0.527. The van der Waals surface area contributed by atoms with Crippen LogP contribution in [0.25, 0.3) is 5.65 Å². The van der Waals surface area contributed by atoms with Crippen molar-refractivity contribution in [3.8, 4) is 0 Å². The molecule has 4 heterocycles. The van der Waals surface area contributed by atoms with Crippen molar-refractivity contribution in [2.75, 3.05) is 42.1 Å². The van der Waals surface area contributed by atoms with Crippen LogP contribution in [0.2, 0.25) is 0 Å². The molecule has 11 heteroatoms. The molecule has 10 nitrogen and oxygen atoms in total.